The Kier molecular flexibility index (Phi) is 8.43. The van der Waals surface area contributed by atoms with Gasteiger partial charge in [-0.1, -0.05) is 19.1 Å². The van der Waals surface area contributed by atoms with Gasteiger partial charge in [0.2, 0.25) is 11.8 Å². The number of halogens is 1. The summed E-state index contributed by atoms with van der Waals surface area (Å²) >= 11 is 0. The van der Waals surface area contributed by atoms with E-state index in [0.717, 1.165) is 25.1 Å². The van der Waals surface area contributed by atoms with Crippen molar-refractivity contribution >= 4 is 30.1 Å². The van der Waals surface area contributed by atoms with Gasteiger partial charge in [-0.2, -0.15) is 0 Å². The maximum Gasteiger partial charge on any atom is 0.251 e. The zero-order chi connectivity index (χ0) is 16.7. The summed E-state index contributed by atoms with van der Waals surface area (Å²) in [5, 5.41) is 8.38. The first kappa shape index (κ1) is 20.1. The quantitative estimate of drug-likeness (QED) is 0.481. The van der Waals surface area contributed by atoms with Crippen LogP contribution in [0.1, 0.15) is 35.7 Å². The van der Waals surface area contributed by atoms with Crippen LogP contribution in [0, 0.1) is 5.92 Å². The molecular weight excluding hydrogens is 330 g/mol. The Morgan fingerprint density at radius 1 is 1.17 bits per heavy atom. The normalized spacial score (nSPS) is 16.5. The van der Waals surface area contributed by atoms with E-state index in [-0.39, 0.29) is 42.5 Å². The minimum atomic E-state index is -0.299. The summed E-state index contributed by atoms with van der Waals surface area (Å²) in [6, 6.07) is 7.16. The second-order valence-electron chi connectivity index (χ2n) is 5.72. The molecular formula is C17H24ClN3O3. The lowest BCUT2D eigenvalue weighted by molar-refractivity contribution is -0.125. The van der Waals surface area contributed by atoms with Gasteiger partial charge in [0.25, 0.3) is 5.91 Å². The SMILES string of the molecule is CCCNCCNC(=O)c1ccc(CC2CC(=O)NC2=O)cc1.Cl. The lowest BCUT2D eigenvalue weighted by Crippen LogP contribution is -2.32. The third-order valence-electron chi connectivity index (χ3n) is 3.78. The van der Waals surface area contributed by atoms with Gasteiger partial charge < -0.3 is 10.6 Å². The summed E-state index contributed by atoms with van der Waals surface area (Å²) in [5.41, 5.74) is 1.54. The van der Waals surface area contributed by atoms with Crippen LogP contribution in [-0.4, -0.2) is 37.4 Å². The molecule has 1 fully saturated rings. The Balaban J connectivity index is 0.00000288. The molecule has 0 bridgehead atoms. The molecule has 2 rings (SSSR count). The molecule has 3 N–H and O–H groups in total. The summed E-state index contributed by atoms with van der Waals surface area (Å²) in [6.07, 6.45) is 1.83. The number of nitrogens with one attached hydrogen (secondary N) is 3. The van der Waals surface area contributed by atoms with Gasteiger partial charge in [-0.3, -0.25) is 19.7 Å². The maximum atomic E-state index is 12.0. The topological polar surface area (TPSA) is 87.3 Å². The van der Waals surface area contributed by atoms with Crippen molar-refractivity contribution in [3.05, 3.63) is 35.4 Å². The van der Waals surface area contributed by atoms with Gasteiger partial charge in [-0.15, -0.1) is 12.4 Å². The molecule has 1 aliphatic heterocycles. The molecule has 1 aromatic rings. The predicted molar refractivity (Wildman–Crippen MR) is 94.1 cm³/mol. The molecule has 132 valence electrons. The summed E-state index contributed by atoms with van der Waals surface area (Å²) in [5.74, 6) is -0.834. The van der Waals surface area contributed by atoms with Crippen molar-refractivity contribution in [1.29, 1.82) is 0 Å². The fraction of sp³-hybridized carbons (Fsp3) is 0.471. The number of hydrogen-bond donors (Lipinski definition) is 3. The van der Waals surface area contributed by atoms with Gasteiger partial charge in [-0.25, -0.2) is 0 Å². The monoisotopic (exact) mass is 353 g/mol. The highest BCUT2D eigenvalue weighted by atomic mass is 35.5. The van der Waals surface area contributed by atoms with Crippen molar-refractivity contribution < 1.29 is 14.4 Å². The van der Waals surface area contributed by atoms with E-state index in [4.69, 9.17) is 0 Å². The molecule has 0 aliphatic carbocycles. The first-order valence-corrected chi connectivity index (χ1v) is 8.01. The van der Waals surface area contributed by atoms with E-state index in [2.05, 4.69) is 22.9 Å². The highest BCUT2D eigenvalue weighted by molar-refractivity contribution is 6.03. The molecule has 0 saturated carbocycles. The number of amides is 3. The molecule has 1 saturated heterocycles. The average molecular weight is 354 g/mol. The lowest BCUT2D eigenvalue weighted by atomic mass is 9.97. The second-order valence-corrected chi connectivity index (χ2v) is 5.72. The fourth-order valence-electron chi connectivity index (χ4n) is 2.52. The van der Waals surface area contributed by atoms with Crippen LogP contribution in [-0.2, 0) is 16.0 Å². The van der Waals surface area contributed by atoms with Gasteiger partial charge in [0.15, 0.2) is 0 Å². The first-order valence-electron chi connectivity index (χ1n) is 8.01. The average Bonchev–Trinajstić information content (AvgIpc) is 2.85. The van der Waals surface area contributed by atoms with Gasteiger partial charge in [0.1, 0.15) is 0 Å². The number of imide groups is 1. The summed E-state index contributed by atoms with van der Waals surface area (Å²) in [7, 11) is 0. The van der Waals surface area contributed by atoms with Crippen LogP contribution >= 0.6 is 12.4 Å². The zero-order valence-corrected chi connectivity index (χ0v) is 14.6. The molecule has 3 amide bonds. The fourth-order valence-corrected chi connectivity index (χ4v) is 2.52. The van der Waals surface area contributed by atoms with E-state index < -0.39 is 0 Å². The van der Waals surface area contributed by atoms with Gasteiger partial charge in [0, 0.05) is 25.1 Å². The van der Waals surface area contributed by atoms with E-state index in [0.29, 0.717) is 18.5 Å². The van der Waals surface area contributed by atoms with Crippen LogP contribution in [0.2, 0.25) is 0 Å². The van der Waals surface area contributed by atoms with Crippen molar-refractivity contribution in [2.45, 2.75) is 26.2 Å². The highest BCUT2D eigenvalue weighted by Crippen LogP contribution is 2.17. The van der Waals surface area contributed by atoms with E-state index in [1.54, 1.807) is 12.1 Å². The second kappa shape index (κ2) is 10.1. The maximum absolute atomic E-state index is 12.0. The summed E-state index contributed by atoms with van der Waals surface area (Å²) in [6.45, 7) is 4.38. The molecule has 1 aromatic carbocycles. The van der Waals surface area contributed by atoms with Crippen LogP contribution in [0.15, 0.2) is 24.3 Å². The molecule has 0 radical (unpaired) electrons. The standard InChI is InChI=1S/C17H23N3O3.ClH/c1-2-7-18-8-9-19-16(22)13-5-3-12(4-6-13)10-14-11-15(21)20-17(14)23;/h3-6,14,18H,2,7-11H2,1H3,(H,19,22)(H,20,21,23);1H. The largest absolute Gasteiger partial charge is 0.351 e. The molecule has 0 aromatic heterocycles. The van der Waals surface area contributed by atoms with E-state index in [1.807, 2.05) is 12.1 Å². The van der Waals surface area contributed by atoms with Crippen molar-refractivity contribution in [3.63, 3.8) is 0 Å². The van der Waals surface area contributed by atoms with E-state index in [1.165, 1.54) is 0 Å². The Hall–Kier alpha value is -1.92. The first-order chi connectivity index (χ1) is 11.1. The van der Waals surface area contributed by atoms with Crippen LogP contribution in [0.5, 0.6) is 0 Å². The Morgan fingerprint density at radius 2 is 1.88 bits per heavy atom. The smallest absolute Gasteiger partial charge is 0.251 e. The zero-order valence-electron chi connectivity index (χ0n) is 13.8. The van der Waals surface area contributed by atoms with Gasteiger partial charge in [0.05, 0.1) is 5.92 Å². The van der Waals surface area contributed by atoms with Gasteiger partial charge >= 0.3 is 0 Å². The van der Waals surface area contributed by atoms with Crippen molar-refractivity contribution in [3.8, 4) is 0 Å². The Morgan fingerprint density at radius 3 is 2.46 bits per heavy atom. The van der Waals surface area contributed by atoms with Crippen molar-refractivity contribution in [2.75, 3.05) is 19.6 Å². The highest BCUT2D eigenvalue weighted by Gasteiger charge is 2.30. The van der Waals surface area contributed by atoms with Crippen molar-refractivity contribution in [1.82, 2.24) is 16.0 Å². The lowest BCUT2D eigenvalue weighted by Gasteiger charge is -2.08. The number of carbonyl (C=O) groups is 3. The van der Waals surface area contributed by atoms with Crippen LogP contribution in [0.4, 0.5) is 0 Å². The number of carbonyl (C=O) groups excluding carboxylic acids is 3. The molecule has 1 unspecified atom stereocenters. The molecule has 1 heterocycles. The molecule has 7 heteroatoms. The summed E-state index contributed by atoms with van der Waals surface area (Å²) < 4.78 is 0. The summed E-state index contributed by atoms with van der Waals surface area (Å²) in [4.78, 5) is 34.7. The van der Waals surface area contributed by atoms with E-state index in [9.17, 15) is 14.4 Å². The molecule has 24 heavy (non-hydrogen) atoms. The predicted octanol–water partition coefficient (Wildman–Crippen LogP) is 1.04. The van der Waals surface area contributed by atoms with E-state index >= 15 is 0 Å². The van der Waals surface area contributed by atoms with Gasteiger partial charge in [-0.05, 0) is 37.1 Å². The third kappa shape index (κ3) is 5.94. The minimum Gasteiger partial charge on any atom is -0.351 e. The molecule has 1 atom stereocenters. The van der Waals surface area contributed by atoms with Crippen LogP contribution in [0.3, 0.4) is 0 Å². The van der Waals surface area contributed by atoms with Crippen molar-refractivity contribution in [2.24, 2.45) is 5.92 Å². The minimum absolute atomic E-state index is 0. The number of benzene rings is 1. The Labute approximate surface area is 148 Å². The Bertz CT molecular complexity index is 575. The molecule has 0 spiro atoms. The number of rotatable bonds is 8. The number of hydrogen-bond acceptors (Lipinski definition) is 4. The third-order valence-corrected chi connectivity index (χ3v) is 3.78. The molecule has 1 aliphatic rings. The molecule has 6 nitrogen and oxygen atoms in total. The van der Waals surface area contributed by atoms with Crippen LogP contribution < -0.4 is 16.0 Å². The van der Waals surface area contributed by atoms with Crippen LogP contribution in [0.25, 0.3) is 0 Å².